The Kier molecular flexibility index (Phi) is 7.00. The van der Waals surface area contributed by atoms with E-state index in [4.69, 9.17) is 4.74 Å². The first-order valence-corrected chi connectivity index (χ1v) is 8.01. The molecule has 4 heteroatoms. The van der Waals surface area contributed by atoms with Crippen LogP contribution in [0, 0.1) is 0 Å². The second kappa shape index (κ2) is 8.01. The van der Waals surface area contributed by atoms with Crippen molar-refractivity contribution in [3.05, 3.63) is 28.2 Å². The molecule has 1 unspecified atom stereocenters. The van der Waals surface area contributed by atoms with E-state index in [9.17, 15) is 5.11 Å². The molecule has 1 rings (SSSR count). The predicted octanol–water partition coefficient (Wildman–Crippen LogP) is 4.05. The predicted molar refractivity (Wildman–Crippen MR) is 87.3 cm³/mol. The van der Waals surface area contributed by atoms with E-state index < -0.39 is 5.60 Å². The van der Waals surface area contributed by atoms with Crippen LogP contribution in [-0.4, -0.2) is 23.9 Å². The standard InChI is InChI=1S/C16H26BrNO2/c1-5-9-18-12(2)14-7-6-13(17)11-15(14)20-10-8-16(3,4)19/h6-7,11-12,18-19H,5,8-10H2,1-4H3. The summed E-state index contributed by atoms with van der Waals surface area (Å²) in [5.74, 6) is 0.875. The molecule has 0 bridgehead atoms. The molecule has 0 radical (unpaired) electrons. The Labute approximate surface area is 130 Å². The number of nitrogens with one attached hydrogen (secondary N) is 1. The van der Waals surface area contributed by atoms with Crippen molar-refractivity contribution in [2.24, 2.45) is 0 Å². The molecule has 0 amide bonds. The Morgan fingerprint density at radius 3 is 2.70 bits per heavy atom. The minimum Gasteiger partial charge on any atom is -0.493 e. The lowest BCUT2D eigenvalue weighted by molar-refractivity contribution is 0.0551. The van der Waals surface area contributed by atoms with Crippen LogP contribution in [0.3, 0.4) is 0 Å². The highest BCUT2D eigenvalue weighted by Gasteiger charge is 2.15. The lowest BCUT2D eigenvalue weighted by Gasteiger charge is -2.21. The van der Waals surface area contributed by atoms with Gasteiger partial charge in [-0.1, -0.05) is 28.9 Å². The van der Waals surface area contributed by atoms with Crippen LogP contribution in [0.5, 0.6) is 5.75 Å². The Hall–Kier alpha value is -0.580. The van der Waals surface area contributed by atoms with Crippen LogP contribution in [0.15, 0.2) is 22.7 Å². The lowest BCUT2D eigenvalue weighted by Crippen LogP contribution is -2.23. The van der Waals surface area contributed by atoms with Crippen LogP contribution in [0.25, 0.3) is 0 Å². The van der Waals surface area contributed by atoms with Gasteiger partial charge in [0.25, 0.3) is 0 Å². The molecule has 114 valence electrons. The molecule has 1 aromatic carbocycles. The van der Waals surface area contributed by atoms with Gasteiger partial charge in [0.15, 0.2) is 0 Å². The molecule has 0 aliphatic rings. The maximum atomic E-state index is 9.74. The molecular formula is C16H26BrNO2. The van der Waals surface area contributed by atoms with Gasteiger partial charge >= 0.3 is 0 Å². The first kappa shape index (κ1) is 17.5. The van der Waals surface area contributed by atoms with E-state index >= 15 is 0 Å². The number of halogens is 1. The molecule has 0 aliphatic heterocycles. The third kappa shape index (κ3) is 6.25. The normalized spacial score (nSPS) is 13.3. The zero-order valence-corrected chi connectivity index (χ0v) is 14.5. The van der Waals surface area contributed by atoms with Gasteiger partial charge in [0.05, 0.1) is 12.2 Å². The minimum atomic E-state index is -0.696. The average Bonchev–Trinajstić information content (AvgIpc) is 2.34. The summed E-state index contributed by atoms with van der Waals surface area (Å²) in [6, 6.07) is 6.35. The molecule has 0 saturated carbocycles. The van der Waals surface area contributed by atoms with E-state index in [1.807, 2.05) is 12.1 Å². The SMILES string of the molecule is CCCNC(C)c1ccc(Br)cc1OCCC(C)(C)O. The maximum Gasteiger partial charge on any atom is 0.125 e. The quantitative estimate of drug-likeness (QED) is 0.748. The molecule has 0 heterocycles. The highest BCUT2D eigenvalue weighted by molar-refractivity contribution is 9.10. The van der Waals surface area contributed by atoms with Crippen molar-refractivity contribution in [1.82, 2.24) is 5.32 Å². The largest absolute Gasteiger partial charge is 0.493 e. The van der Waals surface area contributed by atoms with E-state index in [1.165, 1.54) is 0 Å². The Morgan fingerprint density at radius 2 is 2.10 bits per heavy atom. The second-order valence-corrected chi connectivity index (χ2v) is 6.68. The summed E-state index contributed by atoms with van der Waals surface area (Å²) < 4.78 is 6.87. The fourth-order valence-electron chi connectivity index (χ4n) is 1.87. The van der Waals surface area contributed by atoms with Gasteiger partial charge < -0.3 is 15.2 Å². The average molecular weight is 344 g/mol. The van der Waals surface area contributed by atoms with Gasteiger partial charge in [0.2, 0.25) is 0 Å². The fourth-order valence-corrected chi connectivity index (χ4v) is 2.21. The van der Waals surface area contributed by atoms with Gasteiger partial charge in [-0.05, 0) is 45.9 Å². The molecule has 1 atom stereocenters. The highest BCUT2D eigenvalue weighted by atomic mass is 79.9. The molecule has 0 aliphatic carbocycles. The van der Waals surface area contributed by atoms with Gasteiger partial charge in [-0.25, -0.2) is 0 Å². The maximum absolute atomic E-state index is 9.74. The summed E-state index contributed by atoms with van der Waals surface area (Å²) in [7, 11) is 0. The fraction of sp³-hybridized carbons (Fsp3) is 0.625. The number of hydrogen-bond acceptors (Lipinski definition) is 3. The van der Waals surface area contributed by atoms with E-state index in [-0.39, 0.29) is 6.04 Å². The number of ether oxygens (including phenoxy) is 1. The van der Waals surface area contributed by atoms with Gasteiger partial charge in [-0.3, -0.25) is 0 Å². The summed E-state index contributed by atoms with van der Waals surface area (Å²) in [6.07, 6.45) is 1.71. The van der Waals surface area contributed by atoms with Gasteiger partial charge in [-0.15, -0.1) is 0 Å². The first-order chi connectivity index (χ1) is 9.33. The van der Waals surface area contributed by atoms with Gasteiger partial charge in [-0.2, -0.15) is 0 Å². The summed E-state index contributed by atoms with van der Waals surface area (Å²) in [5.41, 5.74) is 0.454. The molecule has 20 heavy (non-hydrogen) atoms. The third-order valence-electron chi connectivity index (χ3n) is 3.11. The Morgan fingerprint density at radius 1 is 1.40 bits per heavy atom. The van der Waals surface area contributed by atoms with Crippen molar-refractivity contribution < 1.29 is 9.84 Å². The third-order valence-corrected chi connectivity index (χ3v) is 3.61. The molecule has 1 aromatic rings. The number of aliphatic hydroxyl groups is 1. The van der Waals surface area contributed by atoms with Gasteiger partial charge in [0.1, 0.15) is 5.75 Å². The van der Waals surface area contributed by atoms with Crippen LogP contribution in [0.2, 0.25) is 0 Å². The van der Waals surface area contributed by atoms with Crippen molar-refractivity contribution in [2.75, 3.05) is 13.2 Å². The number of rotatable bonds is 8. The topological polar surface area (TPSA) is 41.5 Å². The van der Waals surface area contributed by atoms with Crippen LogP contribution < -0.4 is 10.1 Å². The smallest absolute Gasteiger partial charge is 0.125 e. The molecular weight excluding hydrogens is 318 g/mol. The Balaban J connectivity index is 2.74. The molecule has 0 spiro atoms. The minimum absolute atomic E-state index is 0.250. The molecule has 2 N–H and O–H groups in total. The summed E-state index contributed by atoms with van der Waals surface area (Å²) in [5, 5.41) is 13.2. The summed E-state index contributed by atoms with van der Waals surface area (Å²) >= 11 is 3.48. The van der Waals surface area contributed by atoms with Crippen molar-refractivity contribution in [3.63, 3.8) is 0 Å². The van der Waals surface area contributed by atoms with Crippen molar-refractivity contribution in [1.29, 1.82) is 0 Å². The summed E-state index contributed by atoms with van der Waals surface area (Å²) in [4.78, 5) is 0. The molecule has 3 nitrogen and oxygen atoms in total. The van der Waals surface area contributed by atoms with E-state index in [1.54, 1.807) is 13.8 Å². The number of hydrogen-bond donors (Lipinski definition) is 2. The second-order valence-electron chi connectivity index (χ2n) is 5.77. The van der Waals surface area contributed by atoms with E-state index in [0.717, 1.165) is 28.8 Å². The first-order valence-electron chi connectivity index (χ1n) is 7.21. The van der Waals surface area contributed by atoms with Gasteiger partial charge in [0, 0.05) is 22.5 Å². The van der Waals surface area contributed by atoms with Crippen LogP contribution in [0.1, 0.15) is 52.1 Å². The zero-order chi connectivity index (χ0) is 15.2. The highest BCUT2D eigenvalue weighted by Crippen LogP contribution is 2.29. The van der Waals surface area contributed by atoms with Crippen LogP contribution >= 0.6 is 15.9 Å². The monoisotopic (exact) mass is 343 g/mol. The van der Waals surface area contributed by atoms with Crippen molar-refractivity contribution in [2.45, 2.75) is 52.2 Å². The van der Waals surface area contributed by atoms with E-state index in [0.29, 0.717) is 13.0 Å². The van der Waals surface area contributed by atoms with Crippen molar-refractivity contribution in [3.8, 4) is 5.75 Å². The van der Waals surface area contributed by atoms with Crippen LogP contribution in [-0.2, 0) is 0 Å². The number of benzene rings is 1. The summed E-state index contributed by atoms with van der Waals surface area (Å²) in [6.45, 7) is 9.38. The van der Waals surface area contributed by atoms with E-state index in [2.05, 4.69) is 41.2 Å². The lowest BCUT2D eigenvalue weighted by atomic mass is 10.1. The van der Waals surface area contributed by atoms with Crippen molar-refractivity contribution >= 4 is 15.9 Å². The Bertz CT molecular complexity index is 415. The molecule has 0 saturated heterocycles. The van der Waals surface area contributed by atoms with Crippen LogP contribution in [0.4, 0.5) is 0 Å². The molecule has 0 fully saturated rings. The molecule has 0 aromatic heterocycles. The zero-order valence-electron chi connectivity index (χ0n) is 12.9.